The van der Waals surface area contributed by atoms with Crippen LogP contribution in [0.15, 0.2) is 18.2 Å². The van der Waals surface area contributed by atoms with Crippen molar-refractivity contribution < 1.29 is 9.53 Å². The molecule has 2 N–H and O–H groups in total. The van der Waals surface area contributed by atoms with E-state index in [2.05, 4.69) is 0 Å². The third kappa shape index (κ3) is 2.10. The molecule has 0 radical (unpaired) electrons. The van der Waals surface area contributed by atoms with E-state index in [0.717, 1.165) is 30.4 Å². The molecule has 2 atom stereocenters. The van der Waals surface area contributed by atoms with Gasteiger partial charge in [-0.05, 0) is 43.9 Å². The monoisotopic (exact) mass is 260 g/mol. The average Bonchev–Trinajstić information content (AvgIpc) is 2.89. The first kappa shape index (κ1) is 12.5. The Morgan fingerprint density at radius 2 is 2.26 bits per heavy atom. The summed E-state index contributed by atoms with van der Waals surface area (Å²) < 4.78 is 5.75. The van der Waals surface area contributed by atoms with E-state index in [1.54, 1.807) is 0 Å². The van der Waals surface area contributed by atoms with Gasteiger partial charge in [-0.25, -0.2) is 0 Å². The van der Waals surface area contributed by atoms with Gasteiger partial charge in [0.2, 0.25) is 0 Å². The molecule has 1 saturated heterocycles. The summed E-state index contributed by atoms with van der Waals surface area (Å²) in [4.78, 5) is 14.7. The number of nitrogens with zero attached hydrogens (tertiary/aromatic N) is 1. The standard InChI is InChI=1S/C15H20N2O2/c1-10-11(4-2-5-12(10)16)15(18)17-8-9-19-14-7-3-6-13(14)17/h2,4-5,13-14H,3,6-9,16H2,1H3. The van der Waals surface area contributed by atoms with Crippen molar-refractivity contribution in [2.75, 3.05) is 18.9 Å². The van der Waals surface area contributed by atoms with E-state index < -0.39 is 0 Å². The Bertz CT molecular complexity index is 501. The third-order valence-corrected chi connectivity index (χ3v) is 4.35. The summed E-state index contributed by atoms with van der Waals surface area (Å²) >= 11 is 0. The van der Waals surface area contributed by atoms with E-state index in [9.17, 15) is 4.79 Å². The molecular formula is C15H20N2O2. The lowest BCUT2D eigenvalue weighted by atomic mass is 10.0. The first-order valence-corrected chi connectivity index (χ1v) is 6.96. The van der Waals surface area contributed by atoms with E-state index in [4.69, 9.17) is 10.5 Å². The molecule has 0 bridgehead atoms. The van der Waals surface area contributed by atoms with Gasteiger partial charge < -0.3 is 15.4 Å². The van der Waals surface area contributed by atoms with Crippen molar-refractivity contribution in [2.24, 2.45) is 0 Å². The van der Waals surface area contributed by atoms with Gasteiger partial charge in [-0.2, -0.15) is 0 Å². The van der Waals surface area contributed by atoms with Crippen molar-refractivity contribution in [1.29, 1.82) is 0 Å². The molecule has 0 spiro atoms. The molecule has 0 aromatic heterocycles. The molecule has 102 valence electrons. The van der Waals surface area contributed by atoms with Crippen molar-refractivity contribution in [3.8, 4) is 0 Å². The normalized spacial score (nSPS) is 26.3. The maximum atomic E-state index is 12.7. The minimum atomic E-state index is 0.102. The number of rotatable bonds is 1. The number of carbonyl (C=O) groups excluding carboxylic acids is 1. The van der Waals surface area contributed by atoms with Crippen LogP contribution in [0.4, 0.5) is 5.69 Å². The molecule has 2 aliphatic rings. The Morgan fingerprint density at radius 1 is 1.42 bits per heavy atom. The molecule has 1 aliphatic heterocycles. The number of amides is 1. The molecule has 3 rings (SSSR count). The molecule has 1 aromatic rings. The summed E-state index contributed by atoms with van der Waals surface area (Å²) in [6.07, 6.45) is 3.51. The fraction of sp³-hybridized carbons (Fsp3) is 0.533. The number of ether oxygens (including phenoxy) is 1. The number of morpholine rings is 1. The van der Waals surface area contributed by atoms with Gasteiger partial charge in [0.25, 0.3) is 5.91 Å². The van der Waals surface area contributed by atoms with Gasteiger partial charge in [-0.1, -0.05) is 6.07 Å². The number of anilines is 1. The number of nitrogens with two attached hydrogens (primary N) is 1. The van der Waals surface area contributed by atoms with E-state index in [0.29, 0.717) is 18.8 Å². The van der Waals surface area contributed by atoms with E-state index in [1.807, 2.05) is 30.0 Å². The summed E-state index contributed by atoms with van der Waals surface area (Å²) in [5.41, 5.74) is 8.19. The number of carbonyl (C=O) groups is 1. The van der Waals surface area contributed by atoms with Crippen LogP contribution in [0, 0.1) is 6.92 Å². The minimum absolute atomic E-state index is 0.102. The maximum absolute atomic E-state index is 12.7. The molecule has 1 aliphatic carbocycles. The fourth-order valence-electron chi connectivity index (χ4n) is 3.22. The van der Waals surface area contributed by atoms with Crippen LogP contribution in [-0.4, -0.2) is 36.1 Å². The van der Waals surface area contributed by atoms with Gasteiger partial charge in [0.1, 0.15) is 0 Å². The second-order valence-corrected chi connectivity index (χ2v) is 5.43. The predicted molar refractivity (Wildman–Crippen MR) is 74.0 cm³/mol. The molecule has 19 heavy (non-hydrogen) atoms. The first-order valence-electron chi connectivity index (χ1n) is 6.96. The molecule has 2 unspecified atom stereocenters. The summed E-state index contributed by atoms with van der Waals surface area (Å²) in [6, 6.07) is 5.81. The molecule has 1 aromatic carbocycles. The highest BCUT2D eigenvalue weighted by molar-refractivity contribution is 5.97. The van der Waals surface area contributed by atoms with Gasteiger partial charge in [0.15, 0.2) is 0 Å². The van der Waals surface area contributed by atoms with Gasteiger partial charge in [0, 0.05) is 17.8 Å². The topological polar surface area (TPSA) is 55.6 Å². The predicted octanol–water partition coefficient (Wildman–Crippen LogP) is 1.97. The lowest BCUT2D eigenvalue weighted by Gasteiger charge is -2.38. The highest BCUT2D eigenvalue weighted by Crippen LogP contribution is 2.31. The zero-order valence-corrected chi connectivity index (χ0v) is 11.3. The summed E-state index contributed by atoms with van der Waals surface area (Å²) in [6.45, 7) is 3.25. The van der Waals surface area contributed by atoms with Crippen LogP contribution in [0.3, 0.4) is 0 Å². The fourth-order valence-corrected chi connectivity index (χ4v) is 3.22. The Morgan fingerprint density at radius 3 is 3.11 bits per heavy atom. The Labute approximate surface area is 113 Å². The van der Waals surface area contributed by atoms with Crippen molar-refractivity contribution in [3.05, 3.63) is 29.3 Å². The Kier molecular flexibility index (Phi) is 3.19. The average molecular weight is 260 g/mol. The quantitative estimate of drug-likeness (QED) is 0.785. The third-order valence-electron chi connectivity index (χ3n) is 4.35. The van der Waals surface area contributed by atoms with Crippen molar-refractivity contribution >= 4 is 11.6 Å². The van der Waals surface area contributed by atoms with E-state index >= 15 is 0 Å². The van der Waals surface area contributed by atoms with Crippen molar-refractivity contribution in [3.63, 3.8) is 0 Å². The van der Waals surface area contributed by atoms with Crippen LogP contribution in [0.25, 0.3) is 0 Å². The van der Waals surface area contributed by atoms with Crippen molar-refractivity contribution in [1.82, 2.24) is 4.90 Å². The van der Waals surface area contributed by atoms with Gasteiger partial charge in [-0.15, -0.1) is 0 Å². The Hall–Kier alpha value is -1.55. The molecular weight excluding hydrogens is 240 g/mol. The molecule has 4 nitrogen and oxygen atoms in total. The lowest BCUT2D eigenvalue weighted by molar-refractivity contribution is -0.0445. The zero-order chi connectivity index (χ0) is 13.4. The number of benzene rings is 1. The first-order chi connectivity index (χ1) is 9.18. The van der Waals surface area contributed by atoms with E-state index in [-0.39, 0.29) is 18.1 Å². The van der Waals surface area contributed by atoms with Gasteiger partial charge >= 0.3 is 0 Å². The molecule has 1 heterocycles. The molecule has 2 fully saturated rings. The van der Waals surface area contributed by atoms with Gasteiger partial charge in [-0.3, -0.25) is 4.79 Å². The number of hydrogen-bond acceptors (Lipinski definition) is 3. The SMILES string of the molecule is Cc1c(N)cccc1C(=O)N1CCOC2CCCC21. The van der Waals surface area contributed by atoms with Crippen LogP contribution in [0.1, 0.15) is 35.2 Å². The van der Waals surface area contributed by atoms with Crippen LogP contribution < -0.4 is 5.73 Å². The van der Waals surface area contributed by atoms with Crippen LogP contribution in [0.5, 0.6) is 0 Å². The molecule has 1 saturated carbocycles. The lowest BCUT2D eigenvalue weighted by Crippen LogP contribution is -2.51. The second-order valence-electron chi connectivity index (χ2n) is 5.43. The van der Waals surface area contributed by atoms with Crippen LogP contribution in [0.2, 0.25) is 0 Å². The highest BCUT2D eigenvalue weighted by Gasteiger charge is 2.38. The number of nitrogen functional groups attached to an aromatic ring is 1. The number of hydrogen-bond donors (Lipinski definition) is 1. The van der Waals surface area contributed by atoms with Crippen LogP contribution >= 0.6 is 0 Å². The van der Waals surface area contributed by atoms with E-state index in [1.165, 1.54) is 0 Å². The molecule has 1 amide bonds. The van der Waals surface area contributed by atoms with Gasteiger partial charge in [0.05, 0.1) is 18.8 Å². The number of fused-ring (bicyclic) bond motifs is 1. The smallest absolute Gasteiger partial charge is 0.254 e. The highest BCUT2D eigenvalue weighted by atomic mass is 16.5. The zero-order valence-electron chi connectivity index (χ0n) is 11.3. The minimum Gasteiger partial charge on any atom is -0.398 e. The summed E-state index contributed by atoms with van der Waals surface area (Å²) in [5.74, 6) is 0.102. The van der Waals surface area contributed by atoms with Crippen molar-refractivity contribution in [2.45, 2.75) is 38.3 Å². The summed E-state index contributed by atoms with van der Waals surface area (Å²) in [5, 5.41) is 0. The largest absolute Gasteiger partial charge is 0.398 e. The molecule has 4 heteroatoms. The Balaban J connectivity index is 1.88. The second kappa shape index (κ2) is 4.85. The summed E-state index contributed by atoms with van der Waals surface area (Å²) in [7, 11) is 0. The van der Waals surface area contributed by atoms with Crippen LogP contribution in [-0.2, 0) is 4.74 Å². The maximum Gasteiger partial charge on any atom is 0.254 e.